The van der Waals surface area contributed by atoms with Crippen LogP contribution in [0.1, 0.15) is 37.8 Å². The molecular formula is C17H23N5O2. The van der Waals surface area contributed by atoms with Crippen molar-refractivity contribution in [2.24, 2.45) is 0 Å². The van der Waals surface area contributed by atoms with E-state index in [0.29, 0.717) is 19.6 Å². The zero-order valence-electron chi connectivity index (χ0n) is 13.9. The lowest BCUT2D eigenvalue weighted by Gasteiger charge is -2.37. The highest BCUT2D eigenvalue weighted by Crippen LogP contribution is 2.25. The summed E-state index contributed by atoms with van der Waals surface area (Å²) >= 11 is 0. The molecule has 0 radical (unpaired) electrons. The van der Waals surface area contributed by atoms with Gasteiger partial charge in [0.1, 0.15) is 0 Å². The van der Waals surface area contributed by atoms with E-state index in [2.05, 4.69) is 15.1 Å². The summed E-state index contributed by atoms with van der Waals surface area (Å²) < 4.78 is 0. The minimum atomic E-state index is -0.401. The summed E-state index contributed by atoms with van der Waals surface area (Å²) in [6, 6.07) is 4.11. The van der Waals surface area contributed by atoms with E-state index in [1.807, 2.05) is 12.1 Å². The van der Waals surface area contributed by atoms with Crippen LogP contribution in [-0.4, -0.2) is 64.0 Å². The highest BCUT2D eigenvalue weighted by Gasteiger charge is 2.37. The average Bonchev–Trinajstić information content (AvgIpc) is 3.06. The van der Waals surface area contributed by atoms with Crippen LogP contribution in [0.5, 0.6) is 0 Å². The number of nitrogens with zero attached hydrogens (tertiary/aromatic N) is 5. The van der Waals surface area contributed by atoms with Gasteiger partial charge in [-0.3, -0.25) is 9.59 Å². The second-order valence-corrected chi connectivity index (χ2v) is 6.89. The van der Waals surface area contributed by atoms with E-state index in [9.17, 15) is 9.59 Å². The molecule has 0 atom stereocenters. The fourth-order valence-corrected chi connectivity index (χ4v) is 3.75. The molecule has 2 amide bonds. The van der Waals surface area contributed by atoms with Gasteiger partial charge in [-0.1, -0.05) is 12.8 Å². The maximum absolute atomic E-state index is 12.4. The van der Waals surface area contributed by atoms with Gasteiger partial charge in [-0.15, -0.1) is 5.10 Å². The highest BCUT2D eigenvalue weighted by molar-refractivity contribution is 6.35. The fourth-order valence-electron chi connectivity index (χ4n) is 3.75. The number of carbonyl (C=O) groups excluding carboxylic acids is 2. The van der Waals surface area contributed by atoms with Gasteiger partial charge in [0.05, 0.1) is 12.2 Å². The van der Waals surface area contributed by atoms with Crippen molar-refractivity contribution in [3.8, 4) is 0 Å². The number of hydrogen-bond acceptors (Lipinski definition) is 5. The highest BCUT2D eigenvalue weighted by atomic mass is 16.2. The van der Waals surface area contributed by atoms with Gasteiger partial charge in [-0.05, 0) is 31.4 Å². The van der Waals surface area contributed by atoms with Crippen molar-refractivity contribution < 1.29 is 9.59 Å². The third kappa shape index (κ3) is 2.83. The van der Waals surface area contributed by atoms with E-state index in [0.717, 1.165) is 50.3 Å². The molecule has 2 aliphatic heterocycles. The first-order valence-electron chi connectivity index (χ1n) is 8.90. The Bertz CT molecular complexity index is 622. The maximum Gasteiger partial charge on any atom is 0.312 e. The molecule has 7 heteroatoms. The van der Waals surface area contributed by atoms with Crippen molar-refractivity contribution in [3.05, 3.63) is 17.8 Å². The van der Waals surface area contributed by atoms with Crippen molar-refractivity contribution in [1.29, 1.82) is 0 Å². The monoisotopic (exact) mass is 329 g/mol. The molecule has 1 aromatic heterocycles. The molecule has 0 N–H and O–H groups in total. The summed E-state index contributed by atoms with van der Waals surface area (Å²) in [7, 11) is 0. The summed E-state index contributed by atoms with van der Waals surface area (Å²) in [6.07, 6.45) is 5.58. The molecule has 3 aliphatic rings. The number of aromatic nitrogens is 2. The van der Waals surface area contributed by atoms with E-state index in [1.54, 1.807) is 9.80 Å². The number of anilines is 1. The smallest absolute Gasteiger partial charge is 0.312 e. The summed E-state index contributed by atoms with van der Waals surface area (Å²) in [5, 5.41) is 8.45. The minimum absolute atomic E-state index is 0.263. The second-order valence-electron chi connectivity index (χ2n) is 6.89. The lowest BCUT2D eigenvalue weighted by Crippen LogP contribution is -2.56. The molecule has 3 heterocycles. The molecule has 0 aromatic carbocycles. The van der Waals surface area contributed by atoms with E-state index in [-0.39, 0.29) is 11.9 Å². The Kier molecular flexibility index (Phi) is 4.08. The summed E-state index contributed by atoms with van der Waals surface area (Å²) in [6.45, 7) is 3.63. The molecule has 128 valence electrons. The zero-order chi connectivity index (χ0) is 16.5. The largest absolute Gasteiger partial charge is 0.355 e. The van der Waals surface area contributed by atoms with Crippen molar-refractivity contribution in [2.75, 3.05) is 31.1 Å². The first-order valence-corrected chi connectivity index (χ1v) is 8.90. The zero-order valence-corrected chi connectivity index (χ0v) is 13.9. The minimum Gasteiger partial charge on any atom is -0.355 e. The van der Waals surface area contributed by atoms with Gasteiger partial charge in [0, 0.05) is 32.2 Å². The first kappa shape index (κ1) is 15.4. The van der Waals surface area contributed by atoms with Gasteiger partial charge in [0.25, 0.3) is 0 Å². The Hall–Kier alpha value is -2.18. The van der Waals surface area contributed by atoms with Gasteiger partial charge < -0.3 is 14.7 Å². The molecule has 0 bridgehead atoms. The van der Waals surface area contributed by atoms with Crippen LogP contribution in [0.4, 0.5) is 5.82 Å². The molecule has 0 spiro atoms. The van der Waals surface area contributed by atoms with E-state index < -0.39 is 5.91 Å². The van der Waals surface area contributed by atoms with Crippen LogP contribution in [0.3, 0.4) is 0 Å². The average molecular weight is 329 g/mol. The van der Waals surface area contributed by atoms with Crippen molar-refractivity contribution in [3.63, 3.8) is 0 Å². The maximum atomic E-state index is 12.4. The van der Waals surface area contributed by atoms with E-state index in [1.165, 1.54) is 6.42 Å². The van der Waals surface area contributed by atoms with Crippen LogP contribution in [0, 0.1) is 0 Å². The molecule has 24 heavy (non-hydrogen) atoms. The molecule has 1 saturated carbocycles. The van der Waals surface area contributed by atoms with Crippen molar-refractivity contribution in [2.45, 2.75) is 44.7 Å². The molecular weight excluding hydrogens is 306 g/mol. The quantitative estimate of drug-likeness (QED) is 0.764. The number of rotatable bonds is 4. The lowest BCUT2D eigenvalue weighted by molar-refractivity contribution is -0.158. The van der Waals surface area contributed by atoms with E-state index in [4.69, 9.17) is 0 Å². The fraction of sp³-hybridized carbons (Fsp3) is 0.647. The molecule has 2 saturated heterocycles. The Labute approximate surface area is 141 Å². The third-order valence-electron chi connectivity index (χ3n) is 5.35. The van der Waals surface area contributed by atoms with Gasteiger partial charge >= 0.3 is 11.8 Å². The molecule has 3 fully saturated rings. The Balaban J connectivity index is 1.38. The SMILES string of the molecule is O=C1C(=O)N(C2CCCC2)CCN1Cc1ccc(N2CCC2)nn1. The van der Waals surface area contributed by atoms with E-state index >= 15 is 0 Å². The van der Waals surface area contributed by atoms with Crippen LogP contribution in [0.2, 0.25) is 0 Å². The lowest BCUT2D eigenvalue weighted by atomic mass is 10.1. The number of piperazine rings is 1. The molecule has 1 aliphatic carbocycles. The van der Waals surface area contributed by atoms with Gasteiger partial charge in [-0.25, -0.2) is 0 Å². The topological polar surface area (TPSA) is 69.6 Å². The summed E-state index contributed by atoms with van der Waals surface area (Å²) in [5.41, 5.74) is 0.731. The summed E-state index contributed by atoms with van der Waals surface area (Å²) in [4.78, 5) is 30.4. The van der Waals surface area contributed by atoms with Crippen LogP contribution in [0.25, 0.3) is 0 Å². The van der Waals surface area contributed by atoms with Crippen LogP contribution < -0.4 is 4.90 Å². The Morgan fingerprint density at radius 3 is 2.33 bits per heavy atom. The predicted molar refractivity (Wildman–Crippen MR) is 88.2 cm³/mol. The predicted octanol–water partition coefficient (Wildman–Crippen LogP) is 0.800. The van der Waals surface area contributed by atoms with Crippen LogP contribution >= 0.6 is 0 Å². The van der Waals surface area contributed by atoms with Gasteiger partial charge in [0.2, 0.25) is 0 Å². The van der Waals surface area contributed by atoms with Crippen molar-refractivity contribution in [1.82, 2.24) is 20.0 Å². The summed E-state index contributed by atoms with van der Waals surface area (Å²) in [5.74, 6) is 0.138. The normalized spacial score (nSPS) is 22.2. The Morgan fingerprint density at radius 2 is 1.71 bits per heavy atom. The van der Waals surface area contributed by atoms with Crippen LogP contribution in [0.15, 0.2) is 12.1 Å². The Morgan fingerprint density at radius 1 is 0.917 bits per heavy atom. The van der Waals surface area contributed by atoms with Gasteiger partial charge in [0.15, 0.2) is 5.82 Å². The third-order valence-corrected chi connectivity index (χ3v) is 5.35. The molecule has 0 unspecified atom stereocenters. The molecule has 7 nitrogen and oxygen atoms in total. The number of carbonyl (C=O) groups is 2. The second kappa shape index (κ2) is 6.37. The number of amides is 2. The van der Waals surface area contributed by atoms with Crippen molar-refractivity contribution >= 4 is 17.6 Å². The molecule has 4 rings (SSSR count). The first-order chi connectivity index (χ1) is 11.7. The van der Waals surface area contributed by atoms with Crippen LogP contribution in [-0.2, 0) is 16.1 Å². The standard InChI is InChI=1S/C17H23N5O2/c23-16-17(24)22(14-4-1-2-5-14)11-10-21(16)12-13-6-7-15(19-18-13)20-8-3-9-20/h6-7,14H,1-5,8-12H2. The molecule has 1 aromatic rings. The van der Waals surface area contributed by atoms with Gasteiger partial charge in [-0.2, -0.15) is 5.10 Å². The number of hydrogen-bond donors (Lipinski definition) is 0.